The number of anilines is 1. The topological polar surface area (TPSA) is 64.9 Å². The van der Waals surface area contributed by atoms with Crippen molar-refractivity contribution in [3.8, 4) is 0 Å². The van der Waals surface area contributed by atoms with E-state index in [2.05, 4.69) is 29.2 Å². The molecule has 6 heteroatoms. The molecule has 24 heavy (non-hydrogen) atoms. The minimum absolute atomic E-state index is 0.0262. The van der Waals surface area contributed by atoms with Crippen LogP contribution in [0.5, 0.6) is 0 Å². The van der Waals surface area contributed by atoms with Gasteiger partial charge in [0.2, 0.25) is 0 Å². The SMILES string of the molecule is Cc1cc(N[C@H]2CCO[C@@H]2c2c(C)nn(C)c2C)nc(C2CC2)n1. The second-order valence-electron chi connectivity index (χ2n) is 7.07. The Morgan fingerprint density at radius 3 is 2.62 bits per heavy atom. The summed E-state index contributed by atoms with van der Waals surface area (Å²) in [6.07, 6.45) is 3.43. The van der Waals surface area contributed by atoms with Gasteiger partial charge in [-0.3, -0.25) is 4.68 Å². The fraction of sp³-hybridized carbons (Fsp3) is 0.611. The van der Waals surface area contributed by atoms with Crippen LogP contribution in [0.4, 0.5) is 5.82 Å². The molecule has 0 radical (unpaired) electrons. The van der Waals surface area contributed by atoms with E-state index in [0.717, 1.165) is 36.1 Å². The minimum atomic E-state index is 0.0262. The molecule has 128 valence electrons. The van der Waals surface area contributed by atoms with Crippen LogP contribution in [0.15, 0.2) is 6.07 Å². The molecule has 0 spiro atoms. The van der Waals surface area contributed by atoms with E-state index in [1.165, 1.54) is 24.1 Å². The second-order valence-corrected chi connectivity index (χ2v) is 7.07. The van der Waals surface area contributed by atoms with Crippen LogP contribution in [0.2, 0.25) is 0 Å². The third-order valence-electron chi connectivity index (χ3n) is 5.09. The van der Waals surface area contributed by atoms with Crippen LogP contribution in [0.25, 0.3) is 0 Å². The molecule has 4 rings (SSSR count). The molecule has 3 heterocycles. The van der Waals surface area contributed by atoms with Crippen LogP contribution in [0, 0.1) is 20.8 Å². The summed E-state index contributed by atoms with van der Waals surface area (Å²) in [5.41, 5.74) is 4.45. The molecule has 0 aromatic carbocycles. The highest BCUT2D eigenvalue weighted by atomic mass is 16.5. The molecule has 0 bridgehead atoms. The molecule has 6 nitrogen and oxygen atoms in total. The zero-order valence-electron chi connectivity index (χ0n) is 14.8. The van der Waals surface area contributed by atoms with Gasteiger partial charge in [0.1, 0.15) is 17.7 Å². The predicted octanol–water partition coefficient (Wildman–Crippen LogP) is 2.95. The molecule has 1 aliphatic heterocycles. The van der Waals surface area contributed by atoms with E-state index in [-0.39, 0.29) is 12.1 Å². The summed E-state index contributed by atoms with van der Waals surface area (Å²) in [5.74, 6) is 2.47. The van der Waals surface area contributed by atoms with Gasteiger partial charge in [0.15, 0.2) is 0 Å². The van der Waals surface area contributed by atoms with Gasteiger partial charge in [0.25, 0.3) is 0 Å². The summed E-state index contributed by atoms with van der Waals surface area (Å²) in [6.45, 7) is 6.96. The fourth-order valence-electron chi connectivity index (χ4n) is 3.60. The van der Waals surface area contributed by atoms with Crippen molar-refractivity contribution < 1.29 is 4.74 Å². The van der Waals surface area contributed by atoms with Crippen molar-refractivity contribution >= 4 is 5.82 Å². The van der Waals surface area contributed by atoms with Crippen LogP contribution in [-0.4, -0.2) is 32.4 Å². The Labute approximate surface area is 142 Å². The summed E-state index contributed by atoms with van der Waals surface area (Å²) in [5, 5.41) is 8.14. The average molecular weight is 327 g/mol. The van der Waals surface area contributed by atoms with Crippen molar-refractivity contribution in [1.29, 1.82) is 0 Å². The van der Waals surface area contributed by atoms with E-state index in [4.69, 9.17) is 9.72 Å². The lowest BCUT2D eigenvalue weighted by Crippen LogP contribution is -2.25. The molecule has 1 saturated heterocycles. The fourth-order valence-corrected chi connectivity index (χ4v) is 3.60. The van der Waals surface area contributed by atoms with Gasteiger partial charge in [0.05, 0.1) is 11.7 Å². The molecule has 2 aromatic rings. The van der Waals surface area contributed by atoms with Crippen molar-refractivity contribution in [2.45, 2.75) is 58.1 Å². The number of nitrogens with zero attached hydrogens (tertiary/aromatic N) is 4. The van der Waals surface area contributed by atoms with Crippen molar-refractivity contribution in [3.05, 3.63) is 34.5 Å². The van der Waals surface area contributed by atoms with Crippen LogP contribution >= 0.6 is 0 Å². The molecule has 2 atom stereocenters. The van der Waals surface area contributed by atoms with E-state index in [9.17, 15) is 0 Å². The predicted molar refractivity (Wildman–Crippen MR) is 92.1 cm³/mol. The van der Waals surface area contributed by atoms with E-state index in [1.807, 2.05) is 24.7 Å². The van der Waals surface area contributed by atoms with E-state index in [0.29, 0.717) is 5.92 Å². The van der Waals surface area contributed by atoms with Crippen LogP contribution < -0.4 is 5.32 Å². The first-order chi connectivity index (χ1) is 11.5. The number of aromatic nitrogens is 4. The average Bonchev–Trinajstić information content (AvgIpc) is 3.24. The largest absolute Gasteiger partial charge is 0.371 e. The minimum Gasteiger partial charge on any atom is -0.371 e. The molecule has 2 aliphatic rings. The number of hydrogen-bond acceptors (Lipinski definition) is 5. The van der Waals surface area contributed by atoms with E-state index < -0.39 is 0 Å². The lowest BCUT2D eigenvalue weighted by molar-refractivity contribution is 0.106. The first-order valence-electron chi connectivity index (χ1n) is 8.76. The third-order valence-corrected chi connectivity index (χ3v) is 5.09. The number of aryl methyl sites for hydroxylation is 3. The van der Waals surface area contributed by atoms with Crippen molar-refractivity contribution in [2.24, 2.45) is 7.05 Å². The van der Waals surface area contributed by atoms with Crippen LogP contribution in [0.3, 0.4) is 0 Å². The third kappa shape index (κ3) is 2.79. The van der Waals surface area contributed by atoms with Gasteiger partial charge >= 0.3 is 0 Å². The zero-order chi connectivity index (χ0) is 16.8. The van der Waals surface area contributed by atoms with Gasteiger partial charge in [-0.05, 0) is 40.0 Å². The summed E-state index contributed by atoms with van der Waals surface area (Å²) in [4.78, 5) is 9.32. The van der Waals surface area contributed by atoms with Gasteiger partial charge in [-0.25, -0.2) is 9.97 Å². The maximum absolute atomic E-state index is 6.06. The van der Waals surface area contributed by atoms with Gasteiger partial charge in [-0.15, -0.1) is 0 Å². The molecule has 1 saturated carbocycles. The molecule has 2 fully saturated rings. The van der Waals surface area contributed by atoms with Gasteiger partial charge < -0.3 is 10.1 Å². The molecular formula is C18H25N5O. The van der Waals surface area contributed by atoms with Gasteiger partial charge in [-0.2, -0.15) is 5.10 Å². The first kappa shape index (κ1) is 15.6. The number of hydrogen-bond donors (Lipinski definition) is 1. The second kappa shape index (κ2) is 5.84. The quantitative estimate of drug-likeness (QED) is 0.935. The number of ether oxygens (including phenoxy) is 1. The Balaban J connectivity index is 1.59. The highest BCUT2D eigenvalue weighted by molar-refractivity contribution is 5.40. The zero-order valence-corrected chi connectivity index (χ0v) is 14.8. The molecule has 0 unspecified atom stereocenters. The summed E-state index contributed by atoms with van der Waals surface area (Å²) in [7, 11) is 1.99. The summed E-state index contributed by atoms with van der Waals surface area (Å²) >= 11 is 0. The van der Waals surface area contributed by atoms with Crippen molar-refractivity contribution in [1.82, 2.24) is 19.7 Å². The van der Waals surface area contributed by atoms with Crippen molar-refractivity contribution in [2.75, 3.05) is 11.9 Å². The Morgan fingerprint density at radius 2 is 1.96 bits per heavy atom. The van der Waals surface area contributed by atoms with Crippen LogP contribution in [-0.2, 0) is 11.8 Å². The molecular weight excluding hydrogens is 302 g/mol. The Hall–Kier alpha value is -1.95. The smallest absolute Gasteiger partial charge is 0.134 e. The standard InChI is InChI=1S/C18H25N5O/c1-10-9-15(21-18(19-10)13-5-6-13)20-14-7-8-24-17(14)16-11(2)22-23(4)12(16)3/h9,13-14,17H,5-8H2,1-4H3,(H,19,20,21)/t14-,17-/m0/s1. The molecule has 1 aliphatic carbocycles. The monoisotopic (exact) mass is 327 g/mol. The molecule has 0 amide bonds. The Morgan fingerprint density at radius 1 is 1.17 bits per heavy atom. The summed E-state index contributed by atoms with van der Waals surface area (Å²) in [6, 6.07) is 2.25. The summed E-state index contributed by atoms with van der Waals surface area (Å²) < 4.78 is 7.99. The first-order valence-corrected chi connectivity index (χ1v) is 8.76. The molecule has 1 N–H and O–H groups in total. The lowest BCUT2D eigenvalue weighted by atomic mass is 10.0. The van der Waals surface area contributed by atoms with Gasteiger partial charge in [0, 0.05) is 42.6 Å². The molecule has 2 aromatic heterocycles. The normalized spacial score (nSPS) is 23.7. The highest BCUT2D eigenvalue weighted by Gasteiger charge is 2.34. The lowest BCUT2D eigenvalue weighted by Gasteiger charge is -2.21. The van der Waals surface area contributed by atoms with Gasteiger partial charge in [-0.1, -0.05) is 0 Å². The van der Waals surface area contributed by atoms with E-state index in [1.54, 1.807) is 0 Å². The van der Waals surface area contributed by atoms with E-state index >= 15 is 0 Å². The maximum Gasteiger partial charge on any atom is 0.134 e. The van der Waals surface area contributed by atoms with Crippen molar-refractivity contribution in [3.63, 3.8) is 0 Å². The Kier molecular flexibility index (Phi) is 3.79. The van der Waals surface area contributed by atoms with Crippen LogP contribution in [0.1, 0.15) is 59.8 Å². The number of rotatable bonds is 4. The Bertz CT molecular complexity index is 765. The maximum atomic E-state index is 6.06. The highest BCUT2D eigenvalue weighted by Crippen LogP contribution is 2.39. The number of nitrogens with one attached hydrogen (secondary N) is 1.